The first-order valence-electron chi connectivity index (χ1n) is 8.34. The maximum Gasteiger partial charge on any atom is 0.277 e. The van der Waals surface area contributed by atoms with Crippen molar-refractivity contribution in [2.75, 3.05) is 20.8 Å². The second kappa shape index (κ2) is 9.46. The fraction of sp³-hybridized carbons (Fsp3) is 0.300. The van der Waals surface area contributed by atoms with Crippen LogP contribution in [0.2, 0.25) is 0 Å². The van der Waals surface area contributed by atoms with Crippen LogP contribution in [0.3, 0.4) is 0 Å². The van der Waals surface area contributed by atoms with Crippen LogP contribution in [0.4, 0.5) is 0 Å². The average molecular weight is 356 g/mol. The molecule has 0 aliphatic heterocycles. The molecule has 0 heterocycles. The Hall–Kier alpha value is -3.02. The quantitative estimate of drug-likeness (QED) is 0.583. The molecule has 0 fully saturated rings. The summed E-state index contributed by atoms with van der Waals surface area (Å²) in [6.45, 7) is 3.78. The van der Waals surface area contributed by atoms with Gasteiger partial charge in [0.05, 0.1) is 19.9 Å². The van der Waals surface area contributed by atoms with Gasteiger partial charge in [-0.05, 0) is 49.2 Å². The zero-order valence-electron chi connectivity index (χ0n) is 15.5. The van der Waals surface area contributed by atoms with Crippen LogP contribution >= 0.6 is 0 Å². The van der Waals surface area contributed by atoms with Crippen molar-refractivity contribution in [2.45, 2.75) is 20.3 Å². The van der Waals surface area contributed by atoms with Gasteiger partial charge in [-0.3, -0.25) is 4.79 Å². The Balaban J connectivity index is 1.92. The molecule has 1 N–H and O–H groups in total. The van der Waals surface area contributed by atoms with E-state index in [4.69, 9.17) is 14.2 Å². The Morgan fingerprint density at radius 3 is 2.35 bits per heavy atom. The summed E-state index contributed by atoms with van der Waals surface area (Å²) in [6.07, 6.45) is 0.963. The number of carbonyl (C=O) groups excluding carboxylic acids is 1. The van der Waals surface area contributed by atoms with Crippen molar-refractivity contribution < 1.29 is 19.0 Å². The van der Waals surface area contributed by atoms with Gasteiger partial charge < -0.3 is 14.2 Å². The molecule has 0 spiro atoms. The molecule has 138 valence electrons. The van der Waals surface area contributed by atoms with Crippen LogP contribution in [-0.2, 0) is 11.2 Å². The van der Waals surface area contributed by atoms with Crippen LogP contribution < -0.4 is 19.6 Å². The number of hydrogen-bond acceptors (Lipinski definition) is 5. The van der Waals surface area contributed by atoms with Crippen LogP contribution in [0.15, 0.2) is 47.6 Å². The van der Waals surface area contributed by atoms with Crippen molar-refractivity contribution in [1.82, 2.24) is 5.43 Å². The van der Waals surface area contributed by atoms with Gasteiger partial charge in [0, 0.05) is 5.56 Å². The Kier molecular flexibility index (Phi) is 7.02. The summed E-state index contributed by atoms with van der Waals surface area (Å²) in [5.74, 6) is 1.56. The predicted molar refractivity (Wildman–Crippen MR) is 101 cm³/mol. The molecule has 0 unspecified atom stereocenters. The molecular weight excluding hydrogens is 332 g/mol. The highest BCUT2D eigenvalue weighted by molar-refractivity contribution is 5.99. The molecule has 0 saturated carbocycles. The molecule has 0 atom stereocenters. The third-order valence-corrected chi connectivity index (χ3v) is 3.85. The van der Waals surface area contributed by atoms with E-state index in [0.29, 0.717) is 23.0 Å². The van der Waals surface area contributed by atoms with Crippen molar-refractivity contribution >= 4 is 11.6 Å². The molecule has 0 radical (unpaired) electrons. The first-order valence-corrected chi connectivity index (χ1v) is 8.34. The molecule has 0 aliphatic rings. The maximum atomic E-state index is 11.9. The normalized spacial score (nSPS) is 11.0. The molecule has 2 aromatic carbocycles. The number of rotatable bonds is 8. The fourth-order valence-electron chi connectivity index (χ4n) is 2.27. The molecule has 0 saturated heterocycles. The molecule has 0 bridgehead atoms. The summed E-state index contributed by atoms with van der Waals surface area (Å²) in [7, 11) is 3.15. The second-order valence-corrected chi connectivity index (χ2v) is 5.59. The van der Waals surface area contributed by atoms with E-state index in [9.17, 15) is 4.79 Å². The number of hydrazone groups is 1. The van der Waals surface area contributed by atoms with Crippen LogP contribution in [0, 0.1) is 0 Å². The predicted octanol–water partition coefficient (Wildman–Crippen LogP) is 3.19. The SMILES string of the molecule is CCc1ccc(OCC(=O)N/N=C(\C)c2ccc(OC)c(OC)c2)cc1. The van der Waals surface area contributed by atoms with Crippen molar-refractivity contribution in [3.05, 3.63) is 53.6 Å². The van der Waals surface area contributed by atoms with Gasteiger partial charge in [-0.1, -0.05) is 19.1 Å². The van der Waals surface area contributed by atoms with E-state index in [1.807, 2.05) is 30.3 Å². The van der Waals surface area contributed by atoms with Gasteiger partial charge in [-0.2, -0.15) is 5.10 Å². The molecule has 2 aromatic rings. The number of nitrogens with one attached hydrogen (secondary N) is 1. The fourth-order valence-corrected chi connectivity index (χ4v) is 2.27. The molecule has 2 rings (SSSR count). The number of carbonyl (C=O) groups is 1. The van der Waals surface area contributed by atoms with E-state index in [1.54, 1.807) is 33.3 Å². The summed E-state index contributed by atoms with van der Waals surface area (Å²) in [6, 6.07) is 13.1. The van der Waals surface area contributed by atoms with Crippen LogP contribution in [-0.4, -0.2) is 32.4 Å². The van der Waals surface area contributed by atoms with Crippen molar-refractivity contribution in [2.24, 2.45) is 5.10 Å². The highest BCUT2D eigenvalue weighted by Gasteiger charge is 2.07. The molecule has 26 heavy (non-hydrogen) atoms. The Bertz CT molecular complexity index is 770. The molecule has 0 aromatic heterocycles. The number of nitrogens with zero attached hydrogens (tertiary/aromatic N) is 1. The van der Waals surface area contributed by atoms with E-state index < -0.39 is 0 Å². The standard InChI is InChI=1S/C20H24N2O4/c1-5-15-6-9-17(10-7-15)26-13-20(23)22-21-14(2)16-8-11-18(24-3)19(12-16)25-4/h6-12H,5,13H2,1-4H3,(H,22,23)/b21-14+. The van der Waals surface area contributed by atoms with E-state index >= 15 is 0 Å². The number of ether oxygens (including phenoxy) is 3. The Morgan fingerprint density at radius 1 is 1.04 bits per heavy atom. The van der Waals surface area contributed by atoms with E-state index in [2.05, 4.69) is 17.5 Å². The van der Waals surface area contributed by atoms with Gasteiger partial charge >= 0.3 is 0 Å². The van der Waals surface area contributed by atoms with Crippen molar-refractivity contribution in [3.8, 4) is 17.2 Å². The lowest BCUT2D eigenvalue weighted by atomic mass is 10.1. The Morgan fingerprint density at radius 2 is 1.73 bits per heavy atom. The van der Waals surface area contributed by atoms with E-state index in [-0.39, 0.29) is 12.5 Å². The molecular formula is C20H24N2O4. The lowest BCUT2D eigenvalue weighted by Crippen LogP contribution is -2.25. The minimum Gasteiger partial charge on any atom is -0.493 e. The third-order valence-electron chi connectivity index (χ3n) is 3.85. The highest BCUT2D eigenvalue weighted by atomic mass is 16.5. The topological polar surface area (TPSA) is 69.2 Å². The zero-order chi connectivity index (χ0) is 18.9. The number of benzene rings is 2. The van der Waals surface area contributed by atoms with Crippen LogP contribution in [0.5, 0.6) is 17.2 Å². The maximum absolute atomic E-state index is 11.9. The monoisotopic (exact) mass is 356 g/mol. The lowest BCUT2D eigenvalue weighted by molar-refractivity contribution is -0.123. The highest BCUT2D eigenvalue weighted by Crippen LogP contribution is 2.27. The first-order chi connectivity index (χ1) is 12.6. The van der Waals surface area contributed by atoms with Crippen molar-refractivity contribution in [1.29, 1.82) is 0 Å². The van der Waals surface area contributed by atoms with Crippen molar-refractivity contribution in [3.63, 3.8) is 0 Å². The summed E-state index contributed by atoms with van der Waals surface area (Å²) in [5.41, 5.74) is 5.17. The van der Waals surface area contributed by atoms with Gasteiger partial charge in [0.2, 0.25) is 0 Å². The smallest absolute Gasteiger partial charge is 0.277 e. The molecule has 6 heteroatoms. The van der Waals surface area contributed by atoms with E-state index in [1.165, 1.54) is 5.56 Å². The third kappa shape index (κ3) is 5.24. The number of amides is 1. The minimum absolute atomic E-state index is 0.103. The number of aryl methyl sites for hydroxylation is 1. The van der Waals surface area contributed by atoms with Gasteiger partial charge in [-0.15, -0.1) is 0 Å². The Labute approximate surface area is 153 Å². The van der Waals surface area contributed by atoms with E-state index in [0.717, 1.165) is 12.0 Å². The molecule has 0 aliphatic carbocycles. The molecule has 1 amide bonds. The average Bonchev–Trinajstić information content (AvgIpc) is 2.70. The van der Waals surface area contributed by atoms with Crippen LogP contribution in [0.1, 0.15) is 25.0 Å². The number of hydrogen-bond donors (Lipinski definition) is 1. The van der Waals surface area contributed by atoms with Gasteiger partial charge in [-0.25, -0.2) is 5.43 Å². The van der Waals surface area contributed by atoms with Gasteiger partial charge in [0.1, 0.15) is 5.75 Å². The summed E-state index contributed by atoms with van der Waals surface area (Å²) >= 11 is 0. The second-order valence-electron chi connectivity index (χ2n) is 5.59. The molecule has 6 nitrogen and oxygen atoms in total. The summed E-state index contributed by atoms with van der Waals surface area (Å²) in [4.78, 5) is 11.9. The van der Waals surface area contributed by atoms with Gasteiger partial charge in [0.25, 0.3) is 5.91 Å². The minimum atomic E-state index is -0.329. The summed E-state index contributed by atoms with van der Waals surface area (Å²) < 4.78 is 15.9. The summed E-state index contributed by atoms with van der Waals surface area (Å²) in [5, 5.41) is 4.11. The van der Waals surface area contributed by atoms with Gasteiger partial charge in [0.15, 0.2) is 18.1 Å². The lowest BCUT2D eigenvalue weighted by Gasteiger charge is -2.10. The first kappa shape index (κ1) is 19.3. The zero-order valence-corrected chi connectivity index (χ0v) is 15.5. The number of methoxy groups -OCH3 is 2. The van der Waals surface area contributed by atoms with Crippen LogP contribution in [0.25, 0.3) is 0 Å². The largest absolute Gasteiger partial charge is 0.493 e.